The molecule has 0 radical (unpaired) electrons. The number of rotatable bonds is 13. The summed E-state index contributed by atoms with van der Waals surface area (Å²) in [4.78, 5) is 37.3. The highest BCUT2D eigenvalue weighted by molar-refractivity contribution is 5.93. The van der Waals surface area contributed by atoms with Gasteiger partial charge in [-0.25, -0.2) is 5.43 Å². The van der Waals surface area contributed by atoms with Crippen LogP contribution in [0.25, 0.3) is 0 Å². The first-order valence-electron chi connectivity index (χ1n) is 9.81. The molecule has 0 fully saturated rings. The van der Waals surface area contributed by atoms with Crippen molar-refractivity contribution in [1.29, 1.82) is 0 Å². The van der Waals surface area contributed by atoms with E-state index in [-0.39, 0.29) is 24.3 Å². The van der Waals surface area contributed by atoms with Crippen LogP contribution >= 0.6 is 0 Å². The summed E-state index contributed by atoms with van der Waals surface area (Å²) < 4.78 is 5.70. The van der Waals surface area contributed by atoms with Crippen LogP contribution < -0.4 is 26.8 Å². The lowest BCUT2D eigenvalue weighted by atomic mass is 9.92. The molecule has 0 aromatic heterocycles. The first-order valence-corrected chi connectivity index (χ1v) is 9.81. The third-order valence-electron chi connectivity index (χ3n) is 4.26. The maximum atomic E-state index is 12.9. The number of nitrogens with one attached hydrogen (secondary N) is 5. The van der Waals surface area contributed by atoms with Crippen molar-refractivity contribution < 1.29 is 19.1 Å². The Labute approximate surface area is 179 Å². The molecule has 0 saturated heterocycles. The van der Waals surface area contributed by atoms with Gasteiger partial charge in [-0.15, -0.1) is 0 Å². The van der Waals surface area contributed by atoms with Gasteiger partial charge in [0.1, 0.15) is 18.7 Å². The fraction of sp³-hybridized carbons (Fsp3) is 0.571. The third kappa shape index (κ3) is 9.13. The molecule has 0 rings (SSSR count). The molecule has 0 aliphatic rings. The first kappa shape index (κ1) is 27.2. The van der Waals surface area contributed by atoms with Crippen LogP contribution in [0.1, 0.15) is 34.6 Å². The van der Waals surface area contributed by atoms with Gasteiger partial charge in [0, 0.05) is 20.2 Å². The number of carbonyl (C=O) groups is 3. The Morgan fingerprint density at radius 2 is 1.67 bits per heavy atom. The van der Waals surface area contributed by atoms with Crippen LogP contribution in [0.15, 0.2) is 36.8 Å². The average molecular weight is 424 g/mol. The molecule has 0 aromatic rings. The molecule has 170 valence electrons. The van der Waals surface area contributed by atoms with Crippen LogP contribution in [-0.4, -0.2) is 50.5 Å². The van der Waals surface area contributed by atoms with Crippen LogP contribution in [0.3, 0.4) is 0 Å². The molecule has 0 aliphatic heterocycles. The van der Waals surface area contributed by atoms with E-state index in [1.165, 1.54) is 0 Å². The van der Waals surface area contributed by atoms with Gasteiger partial charge in [-0.2, -0.15) is 0 Å². The molecule has 0 aromatic carbocycles. The molecular formula is C21H37N5O4. The van der Waals surface area contributed by atoms with Crippen molar-refractivity contribution in [2.24, 2.45) is 11.3 Å². The Balaban J connectivity index is 5.13. The zero-order chi connectivity index (χ0) is 23.5. The van der Waals surface area contributed by atoms with Gasteiger partial charge in [-0.1, -0.05) is 33.1 Å². The number of ether oxygens (including phenoxy) is 1. The minimum absolute atomic E-state index is 0.0728. The molecule has 0 bridgehead atoms. The molecule has 0 saturated carbocycles. The minimum Gasteiger partial charge on any atom is -0.478 e. The lowest BCUT2D eigenvalue weighted by Crippen LogP contribution is -2.57. The van der Waals surface area contributed by atoms with Crippen molar-refractivity contribution in [2.75, 3.05) is 20.7 Å². The zero-order valence-electron chi connectivity index (χ0n) is 19.1. The second kappa shape index (κ2) is 12.7. The number of allylic oxidation sites excluding steroid dienone is 3. The summed E-state index contributed by atoms with van der Waals surface area (Å²) in [5.74, 6) is -0.910. The Bertz CT molecular complexity index is 670. The monoisotopic (exact) mass is 423 g/mol. The predicted molar refractivity (Wildman–Crippen MR) is 118 cm³/mol. The highest BCUT2D eigenvalue weighted by Crippen LogP contribution is 2.19. The van der Waals surface area contributed by atoms with Crippen molar-refractivity contribution in [3.8, 4) is 0 Å². The molecule has 0 unspecified atom stereocenters. The van der Waals surface area contributed by atoms with Crippen molar-refractivity contribution in [2.45, 2.75) is 46.7 Å². The summed E-state index contributed by atoms with van der Waals surface area (Å²) >= 11 is 0. The van der Waals surface area contributed by atoms with Gasteiger partial charge in [0.2, 0.25) is 11.8 Å². The molecule has 9 heteroatoms. The number of hydrogen-bond acceptors (Lipinski definition) is 6. The van der Waals surface area contributed by atoms with E-state index in [0.717, 1.165) is 0 Å². The molecule has 0 heterocycles. The van der Waals surface area contributed by atoms with Crippen LogP contribution in [-0.2, 0) is 19.1 Å². The van der Waals surface area contributed by atoms with Gasteiger partial charge in [0.25, 0.3) is 5.91 Å². The molecule has 5 N–H and O–H groups in total. The maximum Gasteiger partial charge on any atom is 0.256 e. The highest BCUT2D eigenvalue weighted by Gasteiger charge is 2.34. The van der Waals surface area contributed by atoms with Gasteiger partial charge in [0.15, 0.2) is 5.88 Å². The average Bonchev–Trinajstić information content (AvgIpc) is 2.68. The zero-order valence-corrected chi connectivity index (χ0v) is 19.1. The first-order chi connectivity index (χ1) is 13.9. The van der Waals surface area contributed by atoms with Crippen molar-refractivity contribution >= 4 is 17.7 Å². The lowest BCUT2D eigenvalue weighted by molar-refractivity contribution is -0.137. The lowest BCUT2D eigenvalue weighted by Gasteiger charge is -2.29. The van der Waals surface area contributed by atoms with E-state index in [9.17, 15) is 14.4 Å². The van der Waals surface area contributed by atoms with Gasteiger partial charge in [-0.3, -0.25) is 19.8 Å². The number of hydrazine groups is 1. The Morgan fingerprint density at radius 1 is 1.07 bits per heavy atom. The van der Waals surface area contributed by atoms with Crippen LogP contribution in [0, 0.1) is 11.3 Å². The second-order valence-electron chi connectivity index (χ2n) is 7.87. The molecule has 0 spiro atoms. The molecule has 0 aliphatic carbocycles. The van der Waals surface area contributed by atoms with Crippen molar-refractivity contribution in [1.82, 2.24) is 26.8 Å². The molecule has 3 amide bonds. The summed E-state index contributed by atoms with van der Waals surface area (Å²) in [6.07, 6.45) is 3.26. The summed E-state index contributed by atoms with van der Waals surface area (Å²) in [6, 6.07) is -1.57. The topological polar surface area (TPSA) is 121 Å². The Morgan fingerprint density at radius 3 is 2.13 bits per heavy atom. The fourth-order valence-electron chi connectivity index (χ4n) is 2.21. The fourth-order valence-corrected chi connectivity index (χ4v) is 2.21. The van der Waals surface area contributed by atoms with E-state index >= 15 is 0 Å². The Kier molecular flexibility index (Phi) is 11.5. The summed E-state index contributed by atoms with van der Waals surface area (Å²) in [6.45, 7) is 16.1. The quantitative estimate of drug-likeness (QED) is 0.169. The van der Waals surface area contributed by atoms with Gasteiger partial charge in [-0.05, 0) is 32.3 Å². The van der Waals surface area contributed by atoms with Crippen LogP contribution in [0.2, 0.25) is 0 Å². The number of amides is 3. The smallest absolute Gasteiger partial charge is 0.256 e. The van der Waals surface area contributed by atoms with Gasteiger partial charge >= 0.3 is 0 Å². The molecular weight excluding hydrogens is 386 g/mol. The van der Waals surface area contributed by atoms with E-state index < -0.39 is 23.4 Å². The predicted octanol–water partition coefficient (Wildman–Crippen LogP) is 0.728. The molecule has 9 nitrogen and oxygen atoms in total. The standard InChI is InChI=1S/C21H37N5O4/c1-10-14(4)11-16(22-8)30-12-21(6,7)20(29)25-17(13(2)3)19(28)24-15(5)18(27)26-23-9/h10-11,13,15,17,22-23H,1,4,12H2,2-3,5-9H3,(H,24,28)(H,25,29)(H,26,27)/b16-11+/t15-,17-/m0/s1. The number of carbonyl (C=O) groups excluding carboxylic acids is 3. The largest absolute Gasteiger partial charge is 0.478 e. The van der Waals surface area contributed by atoms with E-state index in [0.29, 0.717) is 11.5 Å². The highest BCUT2D eigenvalue weighted by atomic mass is 16.5. The normalized spacial score (nSPS) is 13.7. The van der Waals surface area contributed by atoms with E-state index in [2.05, 4.69) is 40.0 Å². The molecule has 2 atom stereocenters. The minimum atomic E-state index is -0.923. The van der Waals surface area contributed by atoms with Crippen LogP contribution in [0.5, 0.6) is 0 Å². The van der Waals surface area contributed by atoms with E-state index in [4.69, 9.17) is 4.74 Å². The van der Waals surface area contributed by atoms with Gasteiger partial charge < -0.3 is 20.7 Å². The SMILES string of the molecule is C=CC(=C)/C=C(\NC)OCC(C)(C)C(=O)N[C@H](C(=O)N[C@@H](C)C(=O)NNC)C(C)C. The summed E-state index contributed by atoms with van der Waals surface area (Å²) in [5.41, 5.74) is 4.66. The maximum absolute atomic E-state index is 12.9. The third-order valence-corrected chi connectivity index (χ3v) is 4.26. The second-order valence-corrected chi connectivity index (χ2v) is 7.87. The van der Waals surface area contributed by atoms with Crippen LogP contribution in [0.4, 0.5) is 0 Å². The Hall–Kier alpha value is -2.81. The summed E-state index contributed by atoms with van der Waals surface area (Å²) in [5, 5.41) is 8.28. The van der Waals surface area contributed by atoms with Crippen molar-refractivity contribution in [3.05, 3.63) is 36.8 Å². The van der Waals surface area contributed by atoms with E-state index in [1.54, 1.807) is 47.0 Å². The molecule has 30 heavy (non-hydrogen) atoms. The van der Waals surface area contributed by atoms with Crippen molar-refractivity contribution in [3.63, 3.8) is 0 Å². The number of hydrogen-bond donors (Lipinski definition) is 5. The summed E-state index contributed by atoms with van der Waals surface area (Å²) in [7, 11) is 3.25. The van der Waals surface area contributed by atoms with Gasteiger partial charge in [0.05, 0.1) is 5.41 Å². The van der Waals surface area contributed by atoms with E-state index in [1.807, 2.05) is 13.8 Å².